The van der Waals surface area contributed by atoms with Gasteiger partial charge in [0.1, 0.15) is 36.1 Å². The molecule has 0 spiro atoms. The summed E-state index contributed by atoms with van der Waals surface area (Å²) in [5.74, 6) is 1.16. The highest BCUT2D eigenvalue weighted by Crippen LogP contribution is 2.40. The maximum absolute atomic E-state index is 14.4. The predicted molar refractivity (Wildman–Crippen MR) is 227 cm³/mol. The number of benzene rings is 5. The van der Waals surface area contributed by atoms with Crippen molar-refractivity contribution in [2.45, 2.75) is 103 Å². The molecule has 300 valence electrons. The molecule has 5 atom stereocenters. The van der Waals surface area contributed by atoms with E-state index in [1.165, 1.54) is 0 Å². The Kier molecular flexibility index (Phi) is 15.4. The molecule has 7 nitrogen and oxygen atoms in total. The lowest BCUT2D eigenvalue weighted by molar-refractivity contribution is -0.250. The van der Waals surface area contributed by atoms with Gasteiger partial charge in [-0.2, -0.15) is 0 Å². The van der Waals surface area contributed by atoms with Crippen molar-refractivity contribution in [3.63, 3.8) is 0 Å². The number of hydrogen-bond donors (Lipinski definition) is 0. The molecule has 0 aliphatic carbocycles. The SMILES string of the molecule is CCS[C@@H]1O[C@H](COCc2ccccc2)[C@@H](OCc2ccccc2)[C@H](OCc2ccccc2)[C@H]1OC(=O)CC(C)(C)c1c(C)cc(C)cc1OCc1ccccc1. The van der Waals surface area contributed by atoms with Gasteiger partial charge in [-0.05, 0) is 59.0 Å². The van der Waals surface area contributed by atoms with Crippen molar-refractivity contribution in [2.24, 2.45) is 0 Å². The van der Waals surface area contributed by atoms with E-state index >= 15 is 0 Å². The summed E-state index contributed by atoms with van der Waals surface area (Å²) in [6.07, 6.45) is -2.41. The molecule has 1 aliphatic rings. The molecular weight excluding hydrogens is 733 g/mol. The normalized spacial score (nSPS) is 19.6. The van der Waals surface area contributed by atoms with Crippen LogP contribution in [0.25, 0.3) is 0 Å². The number of carbonyl (C=O) groups is 1. The minimum atomic E-state index is -0.763. The van der Waals surface area contributed by atoms with Gasteiger partial charge in [-0.3, -0.25) is 4.79 Å². The number of thioether (sulfide) groups is 1. The van der Waals surface area contributed by atoms with Crippen molar-refractivity contribution in [3.05, 3.63) is 172 Å². The Labute approximate surface area is 343 Å². The first-order valence-corrected chi connectivity index (χ1v) is 20.9. The quantitative estimate of drug-likeness (QED) is 0.0766. The molecule has 0 N–H and O–H groups in total. The second kappa shape index (κ2) is 20.8. The highest BCUT2D eigenvalue weighted by molar-refractivity contribution is 7.99. The number of esters is 1. The smallest absolute Gasteiger partial charge is 0.307 e. The standard InChI is InChI=1S/C49H56O7S/c1-6-57-48-47(56-43(50)29-49(4,5)44-36(3)27-35(2)28-41(44)52-31-38-21-13-8-14-22-38)46(54-33-40-25-17-10-18-26-40)45(53-32-39-23-15-9-16-24-39)42(55-48)34-51-30-37-19-11-7-12-20-37/h7-28,42,45-48H,6,29-34H2,1-5H3/t42-,45-,46+,47-,48+/m1/s1. The fraction of sp³-hybridized carbons (Fsp3) is 0.367. The van der Waals surface area contributed by atoms with Crippen LogP contribution in [0.2, 0.25) is 0 Å². The summed E-state index contributed by atoms with van der Waals surface area (Å²) in [5, 5.41) is 0. The second-order valence-corrected chi connectivity index (χ2v) is 16.6. The fourth-order valence-electron chi connectivity index (χ4n) is 7.52. The van der Waals surface area contributed by atoms with E-state index in [0.29, 0.717) is 26.4 Å². The van der Waals surface area contributed by atoms with E-state index in [9.17, 15) is 4.79 Å². The molecule has 1 aliphatic heterocycles. The summed E-state index contributed by atoms with van der Waals surface area (Å²) in [6, 6.07) is 44.5. The monoisotopic (exact) mass is 788 g/mol. The summed E-state index contributed by atoms with van der Waals surface area (Å²) in [7, 11) is 0. The zero-order valence-electron chi connectivity index (χ0n) is 33.8. The Morgan fingerprint density at radius 3 is 1.72 bits per heavy atom. The predicted octanol–water partition coefficient (Wildman–Crippen LogP) is 10.3. The van der Waals surface area contributed by atoms with Gasteiger partial charge in [-0.25, -0.2) is 0 Å². The van der Waals surface area contributed by atoms with E-state index in [-0.39, 0.29) is 19.0 Å². The van der Waals surface area contributed by atoms with Crippen LogP contribution in [0.4, 0.5) is 0 Å². The molecule has 1 saturated heterocycles. The number of hydrogen-bond acceptors (Lipinski definition) is 8. The van der Waals surface area contributed by atoms with Crippen molar-refractivity contribution in [1.82, 2.24) is 0 Å². The average Bonchev–Trinajstić information content (AvgIpc) is 3.21. The van der Waals surface area contributed by atoms with Crippen LogP contribution in [-0.2, 0) is 60.3 Å². The van der Waals surface area contributed by atoms with Gasteiger partial charge in [0.05, 0.1) is 32.8 Å². The third kappa shape index (κ3) is 12.0. The zero-order valence-corrected chi connectivity index (χ0v) is 34.6. The molecule has 0 amide bonds. The van der Waals surface area contributed by atoms with Gasteiger partial charge in [-0.1, -0.05) is 148 Å². The molecule has 5 aromatic rings. The molecule has 0 saturated carbocycles. The minimum Gasteiger partial charge on any atom is -0.489 e. The first kappa shape index (κ1) is 42.2. The molecule has 57 heavy (non-hydrogen) atoms. The van der Waals surface area contributed by atoms with E-state index in [1.807, 2.05) is 109 Å². The Hall–Kier alpha value is -4.44. The van der Waals surface area contributed by atoms with Crippen LogP contribution in [0.3, 0.4) is 0 Å². The minimum absolute atomic E-state index is 0.114. The molecule has 1 heterocycles. The molecule has 5 aromatic carbocycles. The van der Waals surface area contributed by atoms with Crippen molar-refractivity contribution >= 4 is 17.7 Å². The average molecular weight is 789 g/mol. The third-order valence-electron chi connectivity index (χ3n) is 10.1. The molecule has 6 rings (SSSR count). The van der Waals surface area contributed by atoms with Gasteiger partial charge in [0.2, 0.25) is 0 Å². The van der Waals surface area contributed by atoms with Crippen LogP contribution in [0.1, 0.15) is 66.1 Å². The van der Waals surface area contributed by atoms with Gasteiger partial charge in [0.15, 0.2) is 6.10 Å². The molecule has 1 fully saturated rings. The maximum atomic E-state index is 14.4. The van der Waals surface area contributed by atoms with Crippen molar-refractivity contribution in [2.75, 3.05) is 12.4 Å². The maximum Gasteiger partial charge on any atom is 0.307 e. The van der Waals surface area contributed by atoms with E-state index in [0.717, 1.165) is 50.4 Å². The van der Waals surface area contributed by atoms with Gasteiger partial charge in [0, 0.05) is 11.0 Å². The summed E-state index contributed by atoms with van der Waals surface area (Å²) in [4.78, 5) is 14.4. The third-order valence-corrected chi connectivity index (χ3v) is 11.1. The zero-order chi connectivity index (χ0) is 40.0. The van der Waals surface area contributed by atoms with Gasteiger partial charge < -0.3 is 28.4 Å². The Morgan fingerprint density at radius 2 is 1.18 bits per heavy atom. The van der Waals surface area contributed by atoms with Crippen molar-refractivity contribution < 1.29 is 33.2 Å². The molecule has 0 bridgehead atoms. The highest BCUT2D eigenvalue weighted by atomic mass is 32.2. The van der Waals surface area contributed by atoms with Gasteiger partial charge in [0.25, 0.3) is 0 Å². The van der Waals surface area contributed by atoms with Crippen LogP contribution >= 0.6 is 11.8 Å². The molecular formula is C49H56O7S. The van der Waals surface area contributed by atoms with E-state index < -0.39 is 35.3 Å². The van der Waals surface area contributed by atoms with Crippen LogP contribution in [-0.4, -0.2) is 48.2 Å². The second-order valence-electron chi connectivity index (χ2n) is 15.3. The molecule has 0 unspecified atom stereocenters. The fourth-order valence-corrected chi connectivity index (χ4v) is 8.47. The first-order chi connectivity index (χ1) is 27.7. The summed E-state index contributed by atoms with van der Waals surface area (Å²) >= 11 is 1.59. The van der Waals surface area contributed by atoms with Crippen LogP contribution in [0.5, 0.6) is 5.75 Å². The van der Waals surface area contributed by atoms with E-state index in [2.05, 4.69) is 58.9 Å². The molecule has 0 radical (unpaired) electrons. The van der Waals surface area contributed by atoms with Crippen LogP contribution < -0.4 is 4.74 Å². The van der Waals surface area contributed by atoms with E-state index in [4.69, 9.17) is 28.4 Å². The summed E-state index contributed by atoms with van der Waals surface area (Å²) < 4.78 is 39.8. The lowest BCUT2D eigenvalue weighted by Gasteiger charge is -2.45. The first-order valence-electron chi connectivity index (χ1n) is 19.9. The number of carbonyl (C=O) groups excluding carboxylic acids is 1. The Morgan fingerprint density at radius 1 is 0.667 bits per heavy atom. The lowest BCUT2D eigenvalue weighted by atomic mass is 9.78. The van der Waals surface area contributed by atoms with Crippen LogP contribution in [0, 0.1) is 13.8 Å². The summed E-state index contributed by atoms with van der Waals surface area (Å²) in [6.45, 7) is 12.1. The highest BCUT2D eigenvalue weighted by Gasteiger charge is 2.50. The van der Waals surface area contributed by atoms with E-state index in [1.54, 1.807) is 11.8 Å². The van der Waals surface area contributed by atoms with Gasteiger partial charge in [-0.15, -0.1) is 11.8 Å². The number of aryl methyl sites for hydroxylation is 2. The number of ether oxygens (including phenoxy) is 6. The largest absolute Gasteiger partial charge is 0.489 e. The topological polar surface area (TPSA) is 72.5 Å². The molecule has 8 heteroatoms. The summed E-state index contributed by atoms with van der Waals surface area (Å²) in [5.41, 5.74) is 6.17. The van der Waals surface area contributed by atoms with Gasteiger partial charge >= 0.3 is 5.97 Å². The van der Waals surface area contributed by atoms with Crippen molar-refractivity contribution in [3.8, 4) is 5.75 Å². The number of rotatable bonds is 19. The van der Waals surface area contributed by atoms with Crippen molar-refractivity contribution in [1.29, 1.82) is 0 Å². The Balaban J connectivity index is 1.27. The lowest BCUT2D eigenvalue weighted by Crippen LogP contribution is -2.61. The Bertz CT molecular complexity index is 1960. The molecule has 0 aromatic heterocycles. The van der Waals surface area contributed by atoms with Crippen LogP contribution in [0.15, 0.2) is 133 Å².